The number of nitrogens with zero attached hydrogens (tertiary/aromatic N) is 1. The number of fused-ring (bicyclic) bond motifs is 3. The van der Waals surface area contributed by atoms with Gasteiger partial charge < -0.3 is 15.1 Å². The van der Waals surface area contributed by atoms with Crippen molar-refractivity contribution in [2.45, 2.75) is 31.7 Å². The van der Waals surface area contributed by atoms with Gasteiger partial charge in [-0.1, -0.05) is 0 Å². The van der Waals surface area contributed by atoms with Crippen molar-refractivity contribution >= 4 is 5.82 Å². The zero-order chi connectivity index (χ0) is 12.7. The van der Waals surface area contributed by atoms with E-state index in [-0.39, 0.29) is 0 Å². The number of rotatable bonds is 2. The van der Waals surface area contributed by atoms with E-state index in [4.69, 9.17) is 4.42 Å². The number of hydrogen-bond donors (Lipinski definition) is 3. The van der Waals surface area contributed by atoms with Crippen molar-refractivity contribution in [2.24, 2.45) is 0 Å². The summed E-state index contributed by atoms with van der Waals surface area (Å²) in [6.45, 7) is 2.19. The molecule has 5 nitrogen and oxygen atoms in total. The first-order chi connectivity index (χ1) is 9.42. The number of aromatic amines is 1. The molecular formula is C14H18N4O. The molecular weight excluding hydrogens is 240 g/mol. The van der Waals surface area contributed by atoms with Crippen LogP contribution >= 0.6 is 0 Å². The summed E-state index contributed by atoms with van der Waals surface area (Å²) in [4.78, 5) is 0. The molecule has 19 heavy (non-hydrogen) atoms. The van der Waals surface area contributed by atoms with E-state index in [0.29, 0.717) is 6.04 Å². The number of aromatic nitrogens is 2. The van der Waals surface area contributed by atoms with Crippen LogP contribution in [0.5, 0.6) is 0 Å². The van der Waals surface area contributed by atoms with Crippen molar-refractivity contribution in [3.05, 3.63) is 23.7 Å². The van der Waals surface area contributed by atoms with Crippen LogP contribution < -0.4 is 10.6 Å². The Labute approximate surface area is 111 Å². The van der Waals surface area contributed by atoms with E-state index in [1.165, 1.54) is 24.0 Å². The van der Waals surface area contributed by atoms with Crippen molar-refractivity contribution in [3.8, 4) is 11.3 Å². The molecule has 0 unspecified atom stereocenters. The summed E-state index contributed by atoms with van der Waals surface area (Å²) in [5.41, 5.74) is 3.62. The Balaban J connectivity index is 1.62. The SMILES string of the molecule is c1cc2c(o1)CCc1c(NC3CCNCC3)n[nH]c1-2. The normalized spacial score (nSPS) is 18.9. The standard InChI is InChI=1S/C14H18N4O/c1-2-12-10(5-8-19-12)13-11(1)14(18-17-13)16-9-3-6-15-7-4-9/h5,8-9,15H,1-4,6-7H2,(H2,16,17,18). The summed E-state index contributed by atoms with van der Waals surface area (Å²) in [6.07, 6.45) is 6.06. The van der Waals surface area contributed by atoms with E-state index in [9.17, 15) is 0 Å². The molecule has 2 aromatic rings. The summed E-state index contributed by atoms with van der Waals surface area (Å²) >= 11 is 0. The quantitative estimate of drug-likeness (QED) is 0.770. The molecule has 3 N–H and O–H groups in total. The average Bonchev–Trinajstić information content (AvgIpc) is 3.06. The lowest BCUT2D eigenvalue weighted by Crippen LogP contribution is -2.35. The second-order valence-electron chi connectivity index (χ2n) is 5.35. The summed E-state index contributed by atoms with van der Waals surface area (Å²) in [6, 6.07) is 2.57. The Kier molecular flexibility index (Phi) is 2.58. The summed E-state index contributed by atoms with van der Waals surface area (Å²) in [5.74, 6) is 2.11. The zero-order valence-electron chi connectivity index (χ0n) is 10.8. The zero-order valence-corrected chi connectivity index (χ0v) is 10.8. The summed E-state index contributed by atoms with van der Waals surface area (Å²) in [7, 11) is 0. The van der Waals surface area contributed by atoms with Crippen LogP contribution in [-0.4, -0.2) is 29.3 Å². The second kappa shape index (κ2) is 4.42. The maximum atomic E-state index is 5.50. The van der Waals surface area contributed by atoms with Gasteiger partial charge in [0.1, 0.15) is 5.76 Å². The fourth-order valence-electron chi connectivity index (χ4n) is 3.11. The van der Waals surface area contributed by atoms with Crippen molar-refractivity contribution in [1.29, 1.82) is 0 Å². The number of anilines is 1. The Morgan fingerprint density at radius 3 is 3.05 bits per heavy atom. The van der Waals surface area contributed by atoms with Crippen molar-refractivity contribution in [3.63, 3.8) is 0 Å². The third-order valence-electron chi connectivity index (χ3n) is 4.16. The minimum absolute atomic E-state index is 0.541. The molecule has 0 saturated carbocycles. The fraction of sp³-hybridized carbons (Fsp3) is 0.500. The topological polar surface area (TPSA) is 65.9 Å². The van der Waals surface area contributed by atoms with E-state index in [1.54, 1.807) is 6.26 Å². The summed E-state index contributed by atoms with van der Waals surface area (Å²) < 4.78 is 5.50. The van der Waals surface area contributed by atoms with E-state index in [2.05, 4.69) is 20.8 Å². The third-order valence-corrected chi connectivity index (χ3v) is 4.16. The molecule has 0 spiro atoms. The lowest BCUT2D eigenvalue weighted by molar-refractivity contribution is 0.477. The highest BCUT2D eigenvalue weighted by Gasteiger charge is 2.25. The van der Waals surface area contributed by atoms with Crippen LogP contribution in [0.1, 0.15) is 24.2 Å². The van der Waals surface area contributed by atoms with Crippen LogP contribution in [0.2, 0.25) is 0 Å². The molecule has 2 aromatic heterocycles. The highest BCUT2D eigenvalue weighted by atomic mass is 16.3. The van der Waals surface area contributed by atoms with Gasteiger partial charge in [0.05, 0.1) is 12.0 Å². The van der Waals surface area contributed by atoms with Gasteiger partial charge in [-0.05, 0) is 38.4 Å². The maximum Gasteiger partial charge on any atom is 0.151 e. The molecule has 5 heteroatoms. The second-order valence-corrected chi connectivity index (χ2v) is 5.35. The predicted octanol–water partition coefficient (Wildman–Crippen LogP) is 1.93. The Hall–Kier alpha value is -1.75. The fourth-order valence-corrected chi connectivity index (χ4v) is 3.11. The van der Waals surface area contributed by atoms with Crippen LogP contribution in [0.4, 0.5) is 5.82 Å². The minimum Gasteiger partial charge on any atom is -0.469 e. The third kappa shape index (κ3) is 1.85. The van der Waals surface area contributed by atoms with Gasteiger partial charge in [-0.15, -0.1) is 0 Å². The number of hydrogen-bond acceptors (Lipinski definition) is 4. The lowest BCUT2D eigenvalue weighted by Gasteiger charge is -2.24. The Morgan fingerprint density at radius 2 is 2.16 bits per heavy atom. The number of nitrogens with one attached hydrogen (secondary N) is 3. The van der Waals surface area contributed by atoms with Gasteiger partial charge in [0.15, 0.2) is 5.82 Å². The molecule has 4 rings (SSSR count). The molecule has 1 fully saturated rings. The first-order valence-electron chi connectivity index (χ1n) is 7.03. The molecule has 100 valence electrons. The van der Waals surface area contributed by atoms with E-state index >= 15 is 0 Å². The van der Waals surface area contributed by atoms with Gasteiger partial charge in [-0.2, -0.15) is 5.10 Å². The summed E-state index contributed by atoms with van der Waals surface area (Å²) in [5, 5.41) is 14.6. The van der Waals surface area contributed by atoms with Crippen LogP contribution in [0.3, 0.4) is 0 Å². The maximum absolute atomic E-state index is 5.50. The molecule has 0 radical (unpaired) electrons. The number of piperidine rings is 1. The average molecular weight is 258 g/mol. The van der Waals surface area contributed by atoms with Gasteiger partial charge in [0, 0.05) is 23.6 Å². The van der Waals surface area contributed by atoms with Crippen LogP contribution in [0.25, 0.3) is 11.3 Å². The van der Waals surface area contributed by atoms with Gasteiger partial charge in [0.25, 0.3) is 0 Å². The number of H-pyrrole nitrogens is 1. The predicted molar refractivity (Wildman–Crippen MR) is 73.2 cm³/mol. The molecule has 2 aliphatic rings. The molecule has 0 bridgehead atoms. The highest BCUT2D eigenvalue weighted by molar-refractivity contribution is 5.72. The first-order valence-corrected chi connectivity index (χ1v) is 7.03. The molecule has 0 atom stereocenters. The van der Waals surface area contributed by atoms with Crippen LogP contribution in [0.15, 0.2) is 16.7 Å². The van der Waals surface area contributed by atoms with Crippen LogP contribution in [-0.2, 0) is 12.8 Å². The molecule has 1 aliphatic heterocycles. The van der Waals surface area contributed by atoms with E-state index < -0.39 is 0 Å². The molecule has 1 aliphatic carbocycles. The highest BCUT2D eigenvalue weighted by Crippen LogP contribution is 2.36. The van der Waals surface area contributed by atoms with Gasteiger partial charge in [0.2, 0.25) is 0 Å². The molecule has 3 heterocycles. The van der Waals surface area contributed by atoms with Gasteiger partial charge in [-0.3, -0.25) is 5.10 Å². The molecule has 0 aromatic carbocycles. The molecule has 0 amide bonds. The Bertz CT molecular complexity index is 580. The number of aryl methyl sites for hydroxylation is 1. The molecule has 1 saturated heterocycles. The van der Waals surface area contributed by atoms with Crippen molar-refractivity contribution in [1.82, 2.24) is 15.5 Å². The van der Waals surface area contributed by atoms with Gasteiger partial charge >= 0.3 is 0 Å². The van der Waals surface area contributed by atoms with Gasteiger partial charge in [-0.25, -0.2) is 0 Å². The smallest absolute Gasteiger partial charge is 0.151 e. The number of furan rings is 1. The van der Waals surface area contributed by atoms with Crippen molar-refractivity contribution in [2.75, 3.05) is 18.4 Å². The largest absolute Gasteiger partial charge is 0.469 e. The Morgan fingerprint density at radius 1 is 1.26 bits per heavy atom. The van der Waals surface area contributed by atoms with Crippen molar-refractivity contribution < 1.29 is 4.42 Å². The lowest BCUT2D eigenvalue weighted by atomic mass is 9.95. The monoisotopic (exact) mass is 258 g/mol. The first kappa shape index (κ1) is 11.1. The van der Waals surface area contributed by atoms with E-state index in [0.717, 1.165) is 43.2 Å². The minimum atomic E-state index is 0.541. The van der Waals surface area contributed by atoms with E-state index in [1.807, 2.05) is 6.07 Å². The van der Waals surface area contributed by atoms with Crippen LogP contribution in [0, 0.1) is 0 Å².